The molecular formula is C22H30N2O3S. The summed E-state index contributed by atoms with van der Waals surface area (Å²) in [6.07, 6.45) is 0.936. The second-order valence-corrected chi connectivity index (χ2v) is 8.84. The molecule has 0 atom stereocenters. The summed E-state index contributed by atoms with van der Waals surface area (Å²) in [4.78, 5) is 14.6. The molecule has 0 heterocycles. The Bertz CT molecular complexity index is 917. The van der Waals surface area contributed by atoms with Crippen LogP contribution in [-0.2, 0) is 21.2 Å². The second kappa shape index (κ2) is 9.34. The Kier molecular flexibility index (Phi) is 7.38. The maximum absolute atomic E-state index is 12.6. The van der Waals surface area contributed by atoms with Crippen molar-refractivity contribution in [3.8, 4) is 0 Å². The van der Waals surface area contributed by atoms with Gasteiger partial charge < -0.3 is 4.90 Å². The Morgan fingerprint density at radius 1 is 0.964 bits per heavy atom. The Labute approximate surface area is 169 Å². The van der Waals surface area contributed by atoms with Crippen molar-refractivity contribution in [1.29, 1.82) is 0 Å². The van der Waals surface area contributed by atoms with Crippen LogP contribution < -0.4 is 4.90 Å². The van der Waals surface area contributed by atoms with Crippen LogP contribution in [-0.4, -0.2) is 38.8 Å². The van der Waals surface area contributed by atoms with E-state index in [-0.39, 0.29) is 5.91 Å². The van der Waals surface area contributed by atoms with Crippen LogP contribution in [0.1, 0.15) is 37.0 Å². The van der Waals surface area contributed by atoms with Gasteiger partial charge in [0.05, 0.1) is 4.90 Å². The molecule has 0 aliphatic carbocycles. The van der Waals surface area contributed by atoms with Crippen molar-refractivity contribution < 1.29 is 13.2 Å². The lowest BCUT2D eigenvalue weighted by Gasteiger charge is -2.21. The van der Waals surface area contributed by atoms with Crippen LogP contribution >= 0.6 is 0 Å². The van der Waals surface area contributed by atoms with Crippen molar-refractivity contribution in [2.75, 3.05) is 25.0 Å². The number of amides is 1. The maximum atomic E-state index is 12.6. The highest BCUT2D eigenvalue weighted by molar-refractivity contribution is 7.89. The first-order chi connectivity index (χ1) is 13.2. The number of hydrogen-bond donors (Lipinski definition) is 0. The van der Waals surface area contributed by atoms with Gasteiger partial charge in [0.2, 0.25) is 15.9 Å². The van der Waals surface area contributed by atoms with Gasteiger partial charge in [-0.2, -0.15) is 4.31 Å². The molecule has 0 spiro atoms. The number of carbonyl (C=O) groups is 1. The van der Waals surface area contributed by atoms with E-state index in [4.69, 9.17) is 0 Å². The molecule has 0 fully saturated rings. The number of rotatable bonds is 8. The van der Waals surface area contributed by atoms with Gasteiger partial charge in [0, 0.05) is 32.2 Å². The quantitative estimate of drug-likeness (QED) is 0.672. The average molecular weight is 403 g/mol. The molecule has 0 aliphatic heterocycles. The predicted molar refractivity (Wildman–Crippen MR) is 114 cm³/mol. The smallest absolute Gasteiger partial charge is 0.243 e. The maximum Gasteiger partial charge on any atom is 0.243 e. The fraction of sp³-hybridized carbons (Fsp3) is 0.409. The summed E-state index contributed by atoms with van der Waals surface area (Å²) in [6, 6.07) is 12.8. The Morgan fingerprint density at radius 3 is 2.14 bits per heavy atom. The largest absolute Gasteiger partial charge is 0.315 e. The molecule has 1 amide bonds. The summed E-state index contributed by atoms with van der Waals surface area (Å²) in [5.74, 6) is 0.0357. The van der Waals surface area contributed by atoms with Crippen LogP contribution in [0.2, 0.25) is 0 Å². The normalized spacial score (nSPS) is 11.6. The molecule has 0 aromatic heterocycles. The van der Waals surface area contributed by atoms with Crippen LogP contribution in [0.3, 0.4) is 0 Å². The molecule has 2 aromatic rings. The van der Waals surface area contributed by atoms with E-state index in [0.717, 1.165) is 22.4 Å². The molecule has 0 unspecified atom stereocenters. The SMILES string of the molecule is CCN(CC)S(=O)(=O)c1ccc(CCC(=O)N(C)c2cccc(C)c2C)cc1. The van der Waals surface area contributed by atoms with Crippen molar-refractivity contribution in [3.63, 3.8) is 0 Å². The van der Waals surface area contributed by atoms with Gasteiger partial charge in [-0.1, -0.05) is 38.1 Å². The lowest BCUT2D eigenvalue weighted by Crippen LogP contribution is -2.30. The highest BCUT2D eigenvalue weighted by Crippen LogP contribution is 2.23. The molecule has 2 aromatic carbocycles. The Balaban J connectivity index is 2.05. The summed E-state index contributed by atoms with van der Waals surface area (Å²) in [5.41, 5.74) is 4.12. The molecule has 0 radical (unpaired) electrons. The summed E-state index contributed by atoms with van der Waals surface area (Å²) in [6.45, 7) is 8.59. The monoisotopic (exact) mass is 402 g/mol. The zero-order valence-electron chi connectivity index (χ0n) is 17.4. The molecular weight excluding hydrogens is 372 g/mol. The van der Waals surface area contributed by atoms with Crippen LogP contribution in [0, 0.1) is 13.8 Å². The van der Waals surface area contributed by atoms with E-state index in [9.17, 15) is 13.2 Å². The van der Waals surface area contributed by atoms with E-state index in [1.807, 2.05) is 45.9 Å². The number of nitrogens with zero attached hydrogens (tertiary/aromatic N) is 2. The van der Waals surface area contributed by atoms with Gasteiger partial charge in [0.15, 0.2) is 0 Å². The summed E-state index contributed by atoms with van der Waals surface area (Å²) >= 11 is 0. The van der Waals surface area contributed by atoms with Gasteiger partial charge in [0.25, 0.3) is 0 Å². The lowest BCUT2D eigenvalue weighted by molar-refractivity contribution is -0.118. The summed E-state index contributed by atoms with van der Waals surface area (Å²) < 4.78 is 26.5. The number of anilines is 1. The van der Waals surface area contributed by atoms with Gasteiger partial charge in [-0.15, -0.1) is 0 Å². The summed E-state index contributed by atoms with van der Waals surface area (Å²) in [5, 5.41) is 0. The number of sulfonamides is 1. The van der Waals surface area contributed by atoms with E-state index >= 15 is 0 Å². The van der Waals surface area contributed by atoms with Crippen molar-refractivity contribution in [3.05, 3.63) is 59.2 Å². The van der Waals surface area contributed by atoms with E-state index in [0.29, 0.717) is 30.8 Å². The minimum absolute atomic E-state index is 0.0357. The van der Waals surface area contributed by atoms with E-state index < -0.39 is 10.0 Å². The fourth-order valence-electron chi connectivity index (χ4n) is 3.19. The third-order valence-corrected chi connectivity index (χ3v) is 7.27. The topological polar surface area (TPSA) is 57.7 Å². The van der Waals surface area contributed by atoms with Gasteiger partial charge in [-0.3, -0.25) is 4.79 Å². The summed E-state index contributed by atoms with van der Waals surface area (Å²) in [7, 11) is -1.65. The van der Waals surface area contributed by atoms with Gasteiger partial charge in [0.1, 0.15) is 0 Å². The Morgan fingerprint density at radius 2 is 1.57 bits per heavy atom. The zero-order valence-corrected chi connectivity index (χ0v) is 18.2. The first-order valence-corrected chi connectivity index (χ1v) is 11.1. The number of benzene rings is 2. The van der Waals surface area contributed by atoms with Crippen LogP contribution in [0.25, 0.3) is 0 Å². The van der Waals surface area contributed by atoms with Crippen LogP contribution in [0.5, 0.6) is 0 Å². The minimum Gasteiger partial charge on any atom is -0.315 e. The minimum atomic E-state index is -3.45. The molecule has 5 nitrogen and oxygen atoms in total. The molecule has 0 bridgehead atoms. The van der Waals surface area contributed by atoms with Gasteiger partial charge in [-0.05, 0) is 55.2 Å². The molecule has 0 aliphatic rings. The van der Waals surface area contributed by atoms with Crippen LogP contribution in [0.15, 0.2) is 47.4 Å². The standard InChI is InChI=1S/C22H30N2O3S/c1-6-24(7-2)28(26,27)20-14-11-19(12-15-20)13-16-22(25)23(5)21-10-8-9-17(3)18(21)4/h8-12,14-15H,6-7,13,16H2,1-5H3. The molecule has 2 rings (SSSR count). The highest BCUT2D eigenvalue weighted by Gasteiger charge is 2.21. The number of hydrogen-bond acceptors (Lipinski definition) is 3. The number of carbonyl (C=O) groups excluding carboxylic acids is 1. The van der Waals surface area contributed by atoms with Crippen LogP contribution in [0.4, 0.5) is 5.69 Å². The van der Waals surface area contributed by atoms with E-state index in [1.54, 1.807) is 36.2 Å². The highest BCUT2D eigenvalue weighted by atomic mass is 32.2. The lowest BCUT2D eigenvalue weighted by atomic mass is 10.1. The van der Waals surface area contributed by atoms with Crippen molar-refractivity contribution in [2.24, 2.45) is 0 Å². The fourth-order valence-corrected chi connectivity index (χ4v) is 4.65. The third kappa shape index (κ3) is 4.80. The molecule has 0 N–H and O–H groups in total. The van der Waals surface area contributed by atoms with E-state index in [2.05, 4.69) is 0 Å². The second-order valence-electron chi connectivity index (χ2n) is 6.91. The van der Waals surface area contributed by atoms with Crippen molar-refractivity contribution in [2.45, 2.75) is 45.4 Å². The first kappa shape index (κ1) is 22.1. The predicted octanol–water partition coefficient (Wildman–Crippen LogP) is 3.93. The van der Waals surface area contributed by atoms with E-state index in [1.165, 1.54) is 4.31 Å². The number of aryl methyl sites for hydroxylation is 2. The molecule has 0 saturated carbocycles. The molecule has 152 valence electrons. The molecule has 0 saturated heterocycles. The van der Waals surface area contributed by atoms with Gasteiger partial charge >= 0.3 is 0 Å². The van der Waals surface area contributed by atoms with Crippen molar-refractivity contribution >= 4 is 21.6 Å². The van der Waals surface area contributed by atoms with Gasteiger partial charge in [-0.25, -0.2) is 8.42 Å². The third-order valence-electron chi connectivity index (χ3n) is 5.21. The first-order valence-electron chi connectivity index (χ1n) is 9.64. The molecule has 6 heteroatoms. The Hall–Kier alpha value is -2.18. The molecule has 28 heavy (non-hydrogen) atoms. The van der Waals surface area contributed by atoms with Crippen molar-refractivity contribution in [1.82, 2.24) is 4.31 Å². The average Bonchev–Trinajstić information content (AvgIpc) is 2.68. The zero-order chi connectivity index (χ0) is 20.9.